The Bertz CT molecular complexity index is 4400. The minimum absolute atomic E-state index is 0. The monoisotopic (exact) mass is 1720 g/mol. The Morgan fingerprint density at radius 1 is 0.655 bits per heavy atom. The highest BCUT2D eigenvalue weighted by Gasteiger charge is 2.64. The summed E-state index contributed by atoms with van der Waals surface area (Å²) in [5, 5.41) is 22.6. The van der Waals surface area contributed by atoms with Crippen molar-refractivity contribution >= 4 is 129 Å². The largest absolute Gasteiger partial charge is 0.472 e. The van der Waals surface area contributed by atoms with E-state index in [9.17, 15) is 64.7 Å². The fourth-order valence-corrected chi connectivity index (χ4v) is 17.0. The number of sulfonamides is 2. The molecule has 0 spiro atoms. The molecular formula is C76H109Br2FN10O18S2Si. The van der Waals surface area contributed by atoms with Crippen molar-refractivity contribution in [2.75, 3.05) is 26.5 Å². The number of hydrogen-bond donors (Lipinski definition) is 7. The first-order valence-corrected chi connectivity index (χ1v) is 44.7. The number of aliphatic hydroxyl groups excluding tert-OH is 1. The zero-order chi connectivity index (χ0) is 81.3. The molecule has 4 aromatic rings. The van der Waals surface area contributed by atoms with Crippen molar-refractivity contribution in [1.29, 1.82) is 0 Å². The van der Waals surface area contributed by atoms with Crippen LogP contribution in [0.25, 0.3) is 21.5 Å². The maximum absolute atomic E-state index is 14.4. The van der Waals surface area contributed by atoms with Crippen LogP contribution in [-0.4, -0.2) is 193 Å². The Balaban J connectivity index is 0.000000247. The van der Waals surface area contributed by atoms with Gasteiger partial charge in [0.25, 0.3) is 11.8 Å². The third kappa shape index (κ3) is 22.7. The number of ether oxygens (including phenoxy) is 5. The second-order valence-electron chi connectivity index (χ2n) is 34.1. The first-order chi connectivity index (χ1) is 50.3. The molecule has 2 saturated heterocycles. The Kier molecular flexibility index (Phi) is 28.2. The lowest BCUT2D eigenvalue weighted by Gasteiger charge is -2.36. The van der Waals surface area contributed by atoms with Crippen LogP contribution in [0.1, 0.15) is 147 Å². The zero-order valence-electron chi connectivity index (χ0n) is 64.8. The average Bonchev–Trinajstić information content (AvgIpc) is 1.57. The zero-order valence-corrected chi connectivity index (χ0v) is 70.6. The van der Waals surface area contributed by atoms with Crippen molar-refractivity contribution in [1.82, 2.24) is 50.5 Å². The maximum atomic E-state index is 14.4. The van der Waals surface area contributed by atoms with E-state index in [1.807, 2.05) is 43.3 Å². The fourth-order valence-electron chi connectivity index (χ4n) is 12.6. The number of aliphatic hydroxyl groups is 1. The number of amides is 8. The summed E-state index contributed by atoms with van der Waals surface area (Å²) < 4.78 is 97.3. The molecule has 4 aliphatic carbocycles. The van der Waals surface area contributed by atoms with E-state index in [-0.39, 0.29) is 53.0 Å². The number of pyridine rings is 2. The van der Waals surface area contributed by atoms with E-state index < -0.39 is 174 Å². The molecule has 2 aliphatic heterocycles. The summed E-state index contributed by atoms with van der Waals surface area (Å²) in [6, 6.07) is 11.3. The lowest BCUT2D eigenvalue weighted by molar-refractivity contribution is -0.143. The molecule has 4 heterocycles. The predicted molar refractivity (Wildman–Crippen MR) is 424 cm³/mol. The first kappa shape index (κ1) is 89.8. The number of carbonyl (C=O) groups excluding carboxylic acids is 8. The Morgan fingerprint density at radius 2 is 1.08 bits per heavy atom. The predicted octanol–water partition coefficient (Wildman–Crippen LogP) is 10.3. The van der Waals surface area contributed by atoms with Gasteiger partial charge in [0.15, 0.2) is 17.1 Å². The molecule has 10 rings (SSSR count). The van der Waals surface area contributed by atoms with Crippen LogP contribution < -0.4 is 40.2 Å². The van der Waals surface area contributed by atoms with Gasteiger partial charge < -0.3 is 59.9 Å². The number of fused-ring (bicyclic) bond motifs is 2. The van der Waals surface area contributed by atoms with Crippen LogP contribution in [0.5, 0.6) is 11.6 Å². The lowest BCUT2D eigenvalue weighted by Crippen LogP contribution is -2.60. The molecule has 110 heavy (non-hydrogen) atoms. The number of carbonyl (C=O) groups is 8. The molecule has 4 saturated carbocycles. The maximum Gasteiger partial charge on any atom is 0.408 e. The molecule has 7 N–H and O–H groups in total. The number of β-amino-alcohol motifs (C(OH)–C–C–N with tert-alkyl or cyclic N) is 1. The molecule has 2 aromatic carbocycles. The van der Waals surface area contributed by atoms with Gasteiger partial charge in [-0.15, -0.1) is 13.2 Å². The summed E-state index contributed by atoms with van der Waals surface area (Å²) in [6.07, 6.45) is 1.75. The van der Waals surface area contributed by atoms with Crippen molar-refractivity contribution in [2.24, 2.45) is 22.7 Å². The molecule has 2 aromatic heterocycles. The Hall–Kier alpha value is -7.37. The van der Waals surface area contributed by atoms with Crippen LogP contribution in [0.15, 0.2) is 83.0 Å². The van der Waals surface area contributed by atoms with Crippen molar-refractivity contribution in [3.05, 3.63) is 94.6 Å². The van der Waals surface area contributed by atoms with Crippen molar-refractivity contribution in [2.45, 2.75) is 244 Å². The molecule has 608 valence electrons. The fraction of sp³-hybridized carbons (Fsp3) is 0.605. The van der Waals surface area contributed by atoms with E-state index in [1.54, 1.807) is 95.2 Å². The number of nitrogens with one attached hydrogen (secondary N) is 6. The van der Waals surface area contributed by atoms with Crippen molar-refractivity contribution < 1.29 is 88.4 Å². The first-order valence-electron chi connectivity index (χ1n) is 36.3. The number of rotatable bonds is 24. The summed E-state index contributed by atoms with van der Waals surface area (Å²) in [4.78, 5) is 119. The van der Waals surface area contributed by atoms with E-state index in [2.05, 4.69) is 105 Å². The third-order valence-electron chi connectivity index (χ3n) is 19.2. The quantitative estimate of drug-likeness (QED) is 0.0113. The minimum Gasteiger partial charge on any atom is -0.472 e. The molecule has 2 unspecified atom stereocenters. The van der Waals surface area contributed by atoms with Gasteiger partial charge in [-0.2, -0.15) is 4.39 Å². The molecule has 0 bridgehead atoms. The second-order valence-corrected chi connectivity index (χ2v) is 45.1. The molecule has 34 heteroatoms. The Labute approximate surface area is 662 Å². The molecule has 0 radical (unpaired) electrons. The lowest BCUT2D eigenvalue weighted by atomic mass is 9.85. The van der Waals surface area contributed by atoms with E-state index >= 15 is 0 Å². The van der Waals surface area contributed by atoms with Gasteiger partial charge >= 0.3 is 12.2 Å². The van der Waals surface area contributed by atoms with Gasteiger partial charge in [0, 0.05) is 62.1 Å². The summed E-state index contributed by atoms with van der Waals surface area (Å²) in [5.41, 5.74) is -5.34. The van der Waals surface area contributed by atoms with E-state index in [0.29, 0.717) is 63.9 Å². The second kappa shape index (κ2) is 34.5. The number of alkyl carbamates (subject to hydrolysis) is 2. The van der Waals surface area contributed by atoms with E-state index in [0.717, 1.165) is 22.4 Å². The standard InChI is InChI=1S/C35H46BrN5O8S.C25H40N4O8S.C15H19BrFNO2Si.CH4/c1-9-20-17-35(20,31(44)40-50(46,47)22-14-15-22)39-28(42)25-16-21(48-29-24-13-11-10-12-23(24)19(2)27(36)38-29)18-41(25)30(43)26(33(3,4)5)37-32(45)49-34(6,7)8;1-8-14-12-25(14,21(33)28-38(35,36)16-9-10-16)27-19(31)17-11-15(30)13-29(17)20(32)18(23(2,3)4)26-22(34)37-24(5,6)7;1-21(2,3)9-8-19-10-20-13-11-6-4-5-7-12(11)15(17)18-14(13)16;/h9-13,20-22,25-26H,1,14-18H2,2-8H3,(H,37,45)(H,39,42)(H,40,44);8,14-18,30H,1,9-13H2,2-7H3,(H,26,34)(H,27,31)(H,28,33);4-7H,8-10H2,1-3H3;1H4/t20?,21-,25+,26-,35-;14?,15-,17+,18-,25-;;/m11../s1. The highest BCUT2D eigenvalue weighted by atomic mass is 79.9. The number of hydrogen-bond acceptors (Lipinski definition) is 20. The average molecular weight is 1720 g/mol. The SMILES string of the molecule is C.C=CC1C[C@]1(NC(=O)[C@@H]1C[C@@H](O)CN1C(=O)[C@@H](NC(=O)OC(C)(C)C)C(C)(C)C)C(=O)NS(=O)(=O)C1CC1.C=CC1C[C@]1(NC(=O)[C@@H]1C[C@@H](Oc2nc(Br)c(C)c3ccccc23)CN1C(=O)[C@@H](NC(=O)OC(C)(C)C)C(C)(C)C)C(=O)NS(=O)(=O)C1CC1.C[Si](C)(C)CCOCOc1c(Br)nc(F)c2ccccc12. The number of likely N-dealkylation sites (tertiary alicyclic amines) is 2. The summed E-state index contributed by atoms with van der Waals surface area (Å²) >= 11 is 6.75. The number of benzene rings is 2. The molecule has 28 nitrogen and oxygen atoms in total. The molecule has 6 aliphatic rings. The number of nitrogens with zero attached hydrogens (tertiary/aromatic N) is 4. The summed E-state index contributed by atoms with van der Waals surface area (Å²) in [5.74, 6) is -4.90. The van der Waals surface area contributed by atoms with Crippen LogP contribution in [-0.2, 0) is 63.0 Å². The highest BCUT2D eigenvalue weighted by Crippen LogP contribution is 2.47. The van der Waals surface area contributed by atoms with E-state index in [1.165, 1.54) is 22.0 Å². The third-order valence-corrected chi connectivity index (χ3v) is 25.8. The van der Waals surface area contributed by atoms with E-state index in [4.69, 9.17) is 23.7 Å². The van der Waals surface area contributed by atoms with Gasteiger partial charge in [0.1, 0.15) is 57.2 Å². The van der Waals surface area contributed by atoms with Crippen molar-refractivity contribution in [3.8, 4) is 11.6 Å². The minimum atomic E-state index is -3.89. The Morgan fingerprint density at radius 3 is 1.50 bits per heavy atom. The number of aryl methyl sites for hydroxylation is 1. The number of aromatic nitrogens is 2. The van der Waals surface area contributed by atoms with Crippen LogP contribution >= 0.6 is 31.9 Å². The summed E-state index contributed by atoms with van der Waals surface area (Å²) in [7, 11) is -8.84. The normalized spacial score (nSPS) is 23.0. The van der Waals surface area contributed by atoms with Crippen LogP contribution in [0.4, 0.5) is 14.0 Å². The molecule has 8 amide bonds. The van der Waals surface area contributed by atoms with Gasteiger partial charge in [-0.05, 0) is 159 Å². The van der Waals surface area contributed by atoms with Gasteiger partial charge in [0.05, 0.1) is 23.1 Å². The smallest absolute Gasteiger partial charge is 0.408 e. The highest BCUT2D eigenvalue weighted by molar-refractivity contribution is 9.10. The summed E-state index contributed by atoms with van der Waals surface area (Å²) in [6.45, 7) is 37.6. The molecule has 6 fully saturated rings. The van der Waals surface area contributed by atoms with Crippen LogP contribution in [0.3, 0.4) is 0 Å². The molecular weight excluding hydrogens is 1610 g/mol. The molecule has 10 atom stereocenters. The van der Waals surface area contributed by atoms with Gasteiger partial charge in [-0.3, -0.25) is 38.2 Å². The van der Waals surface area contributed by atoms with Gasteiger partial charge in [-0.25, -0.2) is 36.4 Å². The van der Waals surface area contributed by atoms with Crippen LogP contribution in [0.2, 0.25) is 25.7 Å². The number of halogens is 3. The van der Waals surface area contributed by atoms with Gasteiger partial charge in [0.2, 0.25) is 55.5 Å². The van der Waals surface area contributed by atoms with Crippen LogP contribution in [0, 0.1) is 35.5 Å². The topological polar surface area (TPSA) is 376 Å². The van der Waals surface area contributed by atoms with Crippen molar-refractivity contribution in [3.63, 3.8) is 0 Å². The van der Waals surface area contributed by atoms with Gasteiger partial charge in [-0.1, -0.05) is 117 Å².